The van der Waals surface area contributed by atoms with Crippen LogP contribution in [-0.4, -0.2) is 17.3 Å². The summed E-state index contributed by atoms with van der Waals surface area (Å²) in [6, 6.07) is 6.99. The number of rotatable bonds is 2. The summed E-state index contributed by atoms with van der Waals surface area (Å²) in [6.07, 6.45) is 2.14. The fourth-order valence-electron chi connectivity index (χ4n) is 1.95. The SMILES string of the molecule is CCC1CC(C)OC(c2ccc(O)cc2)O1. The molecule has 1 aliphatic heterocycles. The fourth-order valence-corrected chi connectivity index (χ4v) is 1.95. The van der Waals surface area contributed by atoms with Crippen molar-refractivity contribution in [2.24, 2.45) is 0 Å². The Labute approximate surface area is 96.0 Å². The summed E-state index contributed by atoms with van der Waals surface area (Å²) in [5.74, 6) is 0.264. The highest BCUT2D eigenvalue weighted by atomic mass is 16.7. The van der Waals surface area contributed by atoms with E-state index in [1.165, 1.54) is 0 Å². The summed E-state index contributed by atoms with van der Waals surface area (Å²) in [6.45, 7) is 4.19. The first kappa shape index (κ1) is 11.4. The second-order valence-corrected chi connectivity index (χ2v) is 4.27. The van der Waals surface area contributed by atoms with Crippen LogP contribution in [0.3, 0.4) is 0 Å². The molecule has 0 aliphatic carbocycles. The zero-order valence-electron chi connectivity index (χ0n) is 9.72. The molecule has 0 aromatic heterocycles. The summed E-state index contributed by atoms with van der Waals surface area (Å²) in [4.78, 5) is 0. The Hall–Kier alpha value is -1.06. The minimum atomic E-state index is -0.297. The molecule has 3 heteroatoms. The van der Waals surface area contributed by atoms with Gasteiger partial charge in [-0.05, 0) is 31.9 Å². The smallest absolute Gasteiger partial charge is 0.184 e. The molecular weight excluding hydrogens is 204 g/mol. The van der Waals surface area contributed by atoms with Gasteiger partial charge in [0.25, 0.3) is 0 Å². The van der Waals surface area contributed by atoms with Crippen LogP contribution in [0.25, 0.3) is 0 Å². The highest BCUT2D eigenvalue weighted by molar-refractivity contribution is 5.26. The molecule has 0 bridgehead atoms. The van der Waals surface area contributed by atoms with E-state index < -0.39 is 0 Å². The van der Waals surface area contributed by atoms with Gasteiger partial charge >= 0.3 is 0 Å². The Morgan fingerprint density at radius 2 is 1.94 bits per heavy atom. The lowest BCUT2D eigenvalue weighted by molar-refractivity contribution is -0.243. The second-order valence-electron chi connectivity index (χ2n) is 4.27. The topological polar surface area (TPSA) is 38.7 Å². The van der Waals surface area contributed by atoms with Gasteiger partial charge in [0, 0.05) is 5.56 Å². The van der Waals surface area contributed by atoms with Gasteiger partial charge in [0.05, 0.1) is 12.2 Å². The molecule has 0 amide bonds. The third-order valence-corrected chi connectivity index (χ3v) is 2.89. The third-order valence-electron chi connectivity index (χ3n) is 2.89. The van der Waals surface area contributed by atoms with Crippen LogP contribution in [-0.2, 0) is 9.47 Å². The van der Waals surface area contributed by atoms with E-state index in [1.54, 1.807) is 12.1 Å². The molecule has 88 valence electrons. The van der Waals surface area contributed by atoms with E-state index in [9.17, 15) is 5.11 Å². The van der Waals surface area contributed by atoms with Gasteiger partial charge in [-0.1, -0.05) is 19.1 Å². The van der Waals surface area contributed by atoms with Crippen molar-refractivity contribution in [1.82, 2.24) is 0 Å². The van der Waals surface area contributed by atoms with Crippen molar-refractivity contribution in [3.05, 3.63) is 29.8 Å². The van der Waals surface area contributed by atoms with Crippen molar-refractivity contribution in [3.63, 3.8) is 0 Å². The van der Waals surface area contributed by atoms with Crippen LogP contribution in [0.2, 0.25) is 0 Å². The molecular formula is C13H18O3. The van der Waals surface area contributed by atoms with Crippen LogP contribution in [0.15, 0.2) is 24.3 Å². The molecule has 3 unspecified atom stereocenters. The first-order valence-electron chi connectivity index (χ1n) is 5.79. The Balaban J connectivity index is 2.11. The maximum Gasteiger partial charge on any atom is 0.184 e. The monoisotopic (exact) mass is 222 g/mol. The van der Waals surface area contributed by atoms with Gasteiger partial charge < -0.3 is 14.6 Å². The predicted octanol–water partition coefficient (Wildman–Crippen LogP) is 2.99. The van der Waals surface area contributed by atoms with Crippen LogP contribution in [0.5, 0.6) is 5.75 Å². The summed E-state index contributed by atoms with van der Waals surface area (Å²) >= 11 is 0. The molecule has 1 fully saturated rings. The number of aromatic hydroxyl groups is 1. The molecule has 1 heterocycles. The zero-order chi connectivity index (χ0) is 11.5. The molecule has 0 spiro atoms. The predicted molar refractivity (Wildman–Crippen MR) is 61.2 cm³/mol. The zero-order valence-corrected chi connectivity index (χ0v) is 9.72. The Morgan fingerprint density at radius 1 is 1.25 bits per heavy atom. The third kappa shape index (κ3) is 2.54. The number of ether oxygens (including phenoxy) is 2. The van der Waals surface area contributed by atoms with Crippen molar-refractivity contribution >= 4 is 0 Å². The van der Waals surface area contributed by atoms with Gasteiger partial charge in [0.2, 0.25) is 0 Å². The first-order valence-corrected chi connectivity index (χ1v) is 5.79. The van der Waals surface area contributed by atoms with Crippen LogP contribution < -0.4 is 0 Å². The summed E-state index contributed by atoms with van der Waals surface area (Å²) < 4.78 is 11.6. The van der Waals surface area contributed by atoms with Crippen molar-refractivity contribution in [1.29, 1.82) is 0 Å². The summed E-state index contributed by atoms with van der Waals surface area (Å²) in [5.41, 5.74) is 0.961. The van der Waals surface area contributed by atoms with Gasteiger partial charge in [0.1, 0.15) is 5.75 Å². The standard InChI is InChI=1S/C13H18O3/c1-3-12-8-9(2)15-13(16-12)10-4-6-11(14)7-5-10/h4-7,9,12-14H,3,8H2,1-2H3. The minimum Gasteiger partial charge on any atom is -0.508 e. The van der Waals surface area contributed by atoms with Crippen LogP contribution >= 0.6 is 0 Å². The molecule has 1 aliphatic rings. The Kier molecular flexibility index (Phi) is 3.46. The number of phenolic OH excluding ortho intramolecular Hbond substituents is 1. The van der Waals surface area contributed by atoms with Gasteiger partial charge in [-0.15, -0.1) is 0 Å². The Morgan fingerprint density at radius 3 is 2.56 bits per heavy atom. The lowest BCUT2D eigenvalue weighted by Gasteiger charge is -2.34. The average Bonchev–Trinajstić information content (AvgIpc) is 2.29. The molecule has 0 radical (unpaired) electrons. The second kappa shape index (κ2) is 4.85. The maximum atomic E-state index is 9.22. The van der Waals surface area contributed by atoms with E-state index in [-0.39, 0.29) is 24.2 Å². The molecule has 1 aromatic rings. The van der Waals surface area contributed by atoms with Crippen LogP contribution in [0.1, 0.15) is 38.5 Å². The minimum absolute atomic E-state index is 0.220. The molecule has 1 aromatic carbocycles. The molecule has 3 nitrogen and oxygen atoms in total. The number of hydrogen-bond donors (Lipinski definition) is 1. The van der Waals surface area contributed by atoms with Gasteiger partial charge in [-0.3, -0.25) is 0 Å². The fraction of sp³-hybridized carbons (Fsp3) is 0.538. The van der Waals surface area contributed by atoms with Gasteiger partial charge in [-0.2, -0.15) is 0 Å². The average molecular weight is 222 g/mol. The van der Waals surface area contributed by atoms with E-state index in [1.807, 2.05) is 12.1 Å². The van der Waals surface area contributed by atoms with Gasteiger partial charge in [0.15, 0.2) is 6.29 Å². The normalized spacial score (nSPS) is 30.2. The lowest BCUT2D eigenvalue weighted by atomic mass is 10.1. The van der Waals surface area contributed by atoms with Crippen molar-refractivity contribution in [2.45, 2.75) is 45.2 Å². The molecule has 2 rings (SSSR count). The van der Waals surface area contributed by atoms with E-state index in [0.29, 0.717) is 0 Å². The maximum absolute atomic E-state index is 9.22. The van der Waals surface area contributed by atoms with E-state index >= 15 is 0 Å². The highest BCUT2D eigenvalue weighted by Gasteiger charge is 2.27. The molecule has 1 N–H and O–H groups in total. The van der Waals surface area contributed by atoms with E-state index in [2.05, 4.69) is 13.8 Å². The van der Waals surface area contributed by atoms with Crippen molar-refractivity contribution < 1.29 is 14.6 Å². The first-order chi connectivity index (χ1) is 7.69. The molecule has 3 atom stereocenters. The van der Waals surface area contributed by atoms with Crippen LogP contribution in [0, 0.1) is 0 Å². The Bertz CT molecular complexity index is 334. The van der Waals surface area contributed by atoms with Crippen molar-refractivity contribution in [2.75, 3.05) is 0 Å². The highest BCUT2D eigenvalue weighted by Crippen LogP contribution is 2.31. The quantitative estimate of drug-likeness (QED) is 0.836. The number of phenols is 1. The lowest BCUT2D eigenvalue weighted by Crippen LogP contribution is -2.31. The van der Waals surface area contributed by atoms with Gasteiger partial charge in [-0.25, -0.2) is 0 Å². The van der Waals surface area contributed by atoms with Crippen molar-refractivity contribution in [3.8, 4) is 5.75 Å². The van der Waals surface area contributed by atoms with E-state index in [0.717, 1.165) is 18.4 Å². The van der Waals surface area contributed by atoms with E-state index in [4.69, 9.17) is 9.47 Å². The van der Waals surface area contributed by atoms with Crippen LogP contribution in [0.4, 0.5) is 0 Å². The largest absolute Gasteiger partial charge is 0.508 e. The summed E-state index contributed by atoms with van der Waals surface area (Å²) in [7, 11) is 0. The molecule has 1 saturated heterocycles. The summed E-state index contributed by atoms with van der Waals surface area (Å²) in [5, 5.41) is 9.22. The number of benzene rings is 1. The number of hydrogen-bond acceptors (Lipinski definition) is 3. The molecule has 0 saturated carbocycles. The molecule has 16 heavy (non-hydrogen) atoms.